The van der Waals surface area contributed by atoms with Gasteiger partial charge in [0.15, 0.2) is 0 Å². The zero-order chi connectivity index (χ0) is 10.4. The summed E-state index contributed by atoms with van der Waals surface area (Å²) >= 11 is 0. The van der Waals surface area contributed by atoms with E-state index in [-0.39, 0.29) is 5.71 Å². The zero-order valence-corrected chi connectivity index (χ0v) is 7.51. The fourth-order valence-corrected chi connectivity index (χ4v) is 0.794. The van der Waals surface area contributed by atoms with Crippen LogP contribution < -0.4 is 0 Å². The number of methoxy groups -OCH3 is 1. The Bertz CT molecular complexity index is 386. The molecule has 0 fully saturated rings. The number of nitrogens with zero attached hydrogens (tertiary/aromatic N) is 2. The molecule has 72 valence electrons. The molecule has 0 aliphatic carbocycles. The first kappa shape index (κ1) is 9.95. The molecule has 5 heteroatoms. The first-order valence-corrected chi connectivity index (χ1v) is 3.80. The average Bonchev–Trinajstić information content (AvgIpc) is 2.71. The number of hydrogen-bond donors (Lipinski definition) is 0. The molecule has 0 N–H and O–H groups in total. The van der Waals surface area contributed by atoms with E-state index in [1.54, 1.807) is 12.1 Å². The third-order valence-corrected chi connectivity index (χ3v) is 1.45. The Morgan fingerprint density at radius 3 is 3.00 bits per heavy atom. The number of esters is 1. The van der Waals surface area contributed by atoms with Crippen LogP contribution in [0.15, 0.2) is 28.9 Å². The molecular weight excluding hydrogens is 184 g/mol. The SMILES string of the molecule is COC(=O)C(/C=C/c1ccco1)=[N+]=[N-]. The van der Waals surface area contributed by atoms with Crippen LogP contribution in [-0.2, 0) is 9.53 Å². The van der Waals surface area contributed by atoms with Gasteiger partial charge in [0.1, 0.15) is 5.76 Å². The monoisotopic (exact) mass is 192 g/mol. The minimum absolute atomic E-state index is 0.191. The van der Waals surface area contributed by atoms with Crippen molar-refractivity contribution in [2.75, 3.05) is 7.11 Å². The molecule has 0 unspecified atom stereocenters. The van der Waals surface area contributed by atoms with E-state index in [9.17, 15) is 4.79 Å². The summed E-state index contributed by atoms with van der Waals surface area (Å²) in [6.07, 6.45) is 4.28. The van der Waals surface area contributed by atoms with Crippen molar-refractivity contribution < 1.29 is 18.7 Å². The summed E-state index contributed by atoms with van der Waals surface area (Å²) in [5, 5.41) is 0. The third kappa shape index (κ3) is 2.43. The lowest BCUT2D eigenvalue weighted by molar-refractivity contribution is -0.137. The van der Waals surface area contributed by atoms with Crippen molar-refractivity contribution in [2.45, 2.75) is 0 Å². The van der Waals surface area contributed by atoms with E-state index < -0.39 is 5.97 Å². The van der Waals surface area contributed by atoms with Crippen LogP contribution in [0.3, 0.4) is 0 Å². The van der Waals surface area contributed by atoms with Crippen LogP contribution in [0.25, 0.3) is 11.6 Å². The van der Waals surface area contributed by atoms with E-state index in [0.717, 1.165) is 0 Å². The van der Waals surface area contributed by atoms with Gasteiger partial charge in [-0.05, 0) is 18.2 Å². The number of hydrogen-bond acceptors (Lipinski definition) is 3. The molecule has 5 nitrogen and oxygen atoms in total. The van der Waals surface area contributed by atoms with Crippen LogP contribution in [-0.4, -0.2) is 23.6 Å². The maximum atomic E-state index is 10.9. The zero-order valence-electron chi connectivity index (χ0n) is 7.51. The predicted molar refractivity (Wildman–Crippen MR) is 48.4 cm³/mol. The van der Waals surface area contributed by atoms with Crippen molar-refractivity contribution in [3.05, 3.63) is 35.8 Å². The number of carbonyl (C=O) groups is 1. The lowest BCUT2D eigenvalue weighted by Crippen LogP contribution is -2.13. The molecule has 0 saturated carbocycles. The molecule has 1 aromatic rings. The summed E-state index contributed by atoms with van der Waals surface area (Å²) in [6, 6.07) is 3.40. The Morgan fingerprint density at radius 2 is 2.50 bits per heavy atom. The normalized spacial score (nSPS) is 9.79. The van der Waals surface area contributed by atoms with E-state index in [1.165, 1.54) is 25.5 Å². The van der Waals surface area contributed by atoms with Crippen molar-refractivity contribution in [1.29, 1.82) is 0 Å². The van der Waals surface area contributed by atoms with Gasteiger partial charge in [-0.2, -0.15) is 4.79 Å². The topological polar surface area (TPSA) is 75.8 Å². The standard InChI is InChI=1S/C9H8N2O3/c1-13-9(12)8(11-10)5-4-7-3-2-6-14-7/h2-6H,1H3/b5-4+. The third-order valence-electron chi connectivity index (χ3n) is 1.45. The van der Waals surface area contributed by atoms with Gasteiger partial charge in [-0.3, -0.25) is 0 Å². The first-order chi connectivity index (χ1) is 6.77. The van der Waals surface area contributed by atoms with Gasteiger partial charge < -0.3 is 14.7 Å². The van der Waals surface area contributed by atoms with E-state index in [0.29, 0.717) is 5.76 Å². The van der Waals surface area contributed by atoms with Gasteiger partial charge in [-0.1, -0.05) is 0 Å². The van der Waals surface area contributed by atoms with Crippen LogP contribution in [0.5, 0.6) is 0 Å². The van der Waals surface area contributed by atoms with E-state index in [2.05, 4.69) is 9.53 Å². The molecule has 0 atom stereocenters. The first-order valence-electron chi connectivity index (χ1n) is 3.80. The Balaban J connectivity index is 2.77. The van der Waals surface area contributed by atoms with Crippen LogP contribution in [0.4, 0.5) is 0 Å². The minimum Gasteiger partial charge on any atom is -0.465 e. The highest BCUT2D eigenvalue weighted by molar-refractivity contribution is 6.39. The summed E-state index contributed by atoms with van der Waals surface area (Å²) < 4.78 is 9.33. The average molecular weight is 192 g/mol. The second kappa shape index (κ2) is 4.79. The molecule has 0 aliphatic heterocycles. The second-order valence-corrected chi connectivity index (χ2v) is 2.33. The van der Waals surface area contributed by atoms with Crippen molar-refractivity contribution in [3.8, 4) is 0 Å². The van der Waals surface area contributed by atoms with Crippen LogP contribution in [0.2, 0.25) is 0 Å². The summed E-state index contributed by atoms with van der Waals surface area (Å²) in [4.78, 5) is 13.7. The van der Waals surface area contributed by atoms with Crippen LogP contribution in [0, 0.1) is 0 Å². The van der Waals surface area contributed by atoms with Crippen molar-refractivity contribution in [3.63, 3.8) is 0 Å². The van der Waals surface area contributed by atoms with Gasteiger partial charge in [0.05, 0.1) is 13.4 Å². The van der Waals surface area contributed by atoms with Gasteiger partial charge >= 0.3 is 11.7 Å². The highest BCUT2D eigenvalue weighted by atomic mass is 16.5. The van der Waals surface area contributed by atoms with Crippen molar-refractivity contribution in [2.24, 2.45) is 0 Å². The van der Waals surface area contributed by atoms with Gasteiger partial charge in [0.2, 0.25) is 0 Å². The highest BCUT2D eigenvalue weighted by Crippen LogP contribution is 2.02. The minimum atomic E-state index is -0.713. The molecule has 0 aliphatic rings. The Labute approximate surface area is 80.2 Å². The van der Waals surface area contributed by atoms with E-state index >= 15 is 0 Å². The Hall–Kier alpha value is -2.13. The van der Waals surface area contributed by atoms with Gasteiger partial charge in [-0.25, -0.2) is 4.79 Å². The summed E-state index contributed by atoms with van der Waals surface area (Å²) in [6.45, 7) is 0. The largest absolute Gasteiger partial charge is 0.465 e. The smallest absolute Gasteiger partial charge is 0.421 e. The number of carbonyl (C=O) groups excluding carboxylic acids is 1. The molecule has 1 aromatic heterocycles. The molecule has 0 spiro atoms. The Kier molecular flexibility index (Phi) is 3.41. The maximum Gasteiger partial charge on any atom is 0.421 e. The number of ether oxygens (including phenoxy) is 1. The van der Waals surface area contributed by atoms with Crippen molar-refractivity contribution in [1.82, 2.24) is 0 Å². The molecule has 14 heavy (non-hydrogen) atoms. The lowest BCUT2D eigenvalue weighted by atomic mass is 10.3. The molecule has 1 heterocycles. The van der Waals surface area contributed by atoms with Gasteiger partial charge in [-0.15, -0.1) is 0 Å². The molecule has 0 amide bonds. The highest BCUT2D eigenvalue weighted by Gasteiger charge is 2.16. The second-order valence-electron chi connectivity index (χ2n) is 2.33. The lowest BCUT2D eigenvalue weighted by Gasteiger charge is -1.87. The molecule has 0 radical (unpaired) electrons. The van der Waals surface area contributed by atoms with Crippen LogP contribution >= 0.6 is 0 Å². The Morgan fingerprint density at radius 1 is 1.71 bits per heavy atom. The van der Waals surface area contributed by atoms with Crippen molar-refractivity contribution >= 4 is 17.8 Å². The van der Waals surface area contributed by atoms with Gasteiger partial charge in [0.25, 0.3) is 0 Å². The fraction of sp³-hybridized carbons (Fsp3) is 0.111. The quantitative estimate of drug-likeness (QED) is 0.312. The molecule has 0 aromatic carbocycles. The number of rotatable bonds is 3. The molecular formula is C9H8N2O3. The van der Waals surface area contributed by atoms with Gasteiger partial charge in [0, 0.05) is 6.08 Å². The predicted octanol–water partition coefficient (Wildman–Crippen LogP) is 1.14. The summed E-state index contributed by atoms with van der Waals surface area (Å²) in [5.74, 6) is -0.162. The van der Waals surface area contributed by atoms with Crippen LogP contribution in [0.1, 0.15) is 5.76 Å². The maximum absolute atomic E-state index is 10.9. The number of furan rings is 1. The molecule has 0 bridgehead atoms. The van der Waals surface area contributed by atoms with E-state index in [4.69, 9.17) is 9.95 Å². The summed E-state index contributed by atoms with van der Waals surface area (Å²) in [7, 11) is 1.20. The fourth-order valence-electron chi connectivity index (χ4n) is 0.794. The molecule has 0 saturated heterocycles. The molecule has 1 rings (SSSR count). The van der Waals surface area contributed by atoms with E-state index in [1.807, 2.05) is 0 Å². The summed E-state index contributed by atoms with van der Waals surface area (Å²) in [5.41, 5.74) is 8.27.